The van der Waals surface area contributed by atoms with Crippen LogP contribution in [0.5, 0.6) is 0 Å². The fourth-order valence-electron chi connectivity index (χ4n) is 2.78. The van der Waals surface area contributed by atoms with Gasteiger partial charge in [-0.05, 0) is 31.9 Å². The Morgan fingerprint density at radius 3 is 3.00 bits per heavy atom. The maximum Gasteiger partial charge on any atom is 0.160 e. The fraction of sp³-hybridized carbons (Fsp3) is 0.375. The van der Waals surface area contributed by atoms with Crippen LogP contribution in [-0.4, -0.2) is 16.5 Å². The van der Waals surface area contributed by atoms with Gasteiger partial charge in [0.1, 0.15) is 0 Å². The van der Waals surface area contributed by atoms with Gasteiger partial charge in [-0.3, -0.25) is 0 Å². The molecule has 3 rings (SSSR count). The lowest BCUT2D eigenvalue weighted by molar-refractivity contribution is 0.464. The zero-order valence-corrected chi connectivity index (χ0v) is 13.2. The van der Waals surface area contributed by atoms with Crippen LogP contribution in [0.15, 0.2) is 34.9 Å². The highest BCUT2D eigenvalue weighted by Crippen LogP contribution is 2.31. The average molecular weight is 332 g/mol. The van der Waals surface area contributed by atoms with Crippen molar-refractivity contribution in [2.45, 2.75) is 32.2 Å². The number of hydrogen-bond donors (Lipinski definition) is 1. The average Bonchev–Trinajstić information content (AvgIpc) is 2.48. The first-order valence-corrected chi connectivity index (χ1v) is 7.93. The van der Waals surface area contributed by atoms with Gasteiger partial charge in [-0.15, -0.1) is 0 Å². The first-order chi connectivity index (χ1) is 9.79. The van der Waals surface area contributed by atoms with E-state index in [0.29, 0.717) is 6.04 Å². The fourth-order valence-corrected chi connectivity index (χ4v) is 3.24. The first kappa shape index (κ1) is 13.7. The van der Waals surface area contributed by atoms with Crippen molar-refractivity contribution in [3.05, 3.63) is 46.2 Å². The summed E-state index contributed by atoms with van der Waals surface area (Å²) in [6.07, 6.45) is 5.43. The molecule has 1 aliphatic carbocycles. The predicted octanol–water partition coefficient (Wildman–Crippen LogP) is 3.89. The third-order valence-corrected chi connectivity index (χ3v) is 4.44. The Kier molecular flexibility index (Phi) is 4.13. The van der Waals surface area contributed by atoms with Crippen molar-refractivity contribution in [1.82, 2.24) is 15.3 Å². The molecule has 0 fully saturated rings. The Morgan fingerprint density at radius 2 is 2.20 bits per heavy atom. The number of nitrogens with zero attached hydrogens (tertiary/aromatic N) is 2. The minimum absolute atomic E-state index is 0.414. The van der Waals surface area contributed by atoms with Crippen LogP contribution in [0.1, 0.15) is 37.1 Å². The van der Waals surface area contributed by atoms with Crippen molar-refractivity contribution in [3.63, 3.8) is 0 Å². The summed E-state index contributed by atoms with van der Waals surface area (Å²) in [5.41, 5.74) is 3.53. The maximum absolute atomic E-state index is 4.80. The zero-order chi connectivity index (χ0) is 13.9. The highest BCUT2D eigenvalue weighted by molar-refractivity contribution is 9.10. The molecule has 1 atom stereocenters. The molecule has 1 aromatic carbocycles. The van der Waals surface area contributed by atoms with Gasteiger partial charge >= 0.3 is 0 Å². The van der Waals surface area contributed by atoms with Gasteiger partial charge in [-0.25, -0.2) is 9.97 Å². The Morgan fingerprint density at radius 1 is 1.35 bits per heavy atom. The van der Waals surface area contributed by atoms with E-state index in [1.165, 1.54) is 24.1 Å². The first-order valence-electron chi connectivity index (χ1n) is 7.13. The number of aromatic nitrogens is 2. The van der Waals surface area contributed by atoms with E-state index in [1.54, 1.807) is 0 Å². The molecule has 1 aromatic heterocycles. The van der Waals surface area contributed by atoms with Gasteiger partial charge in [0.25, 0.3) is 0 Å². The van der Waals surface area contributed by atoms with E-state index >= 15 is 0 Å². The van der Waals surface area contributed by atoms with Crippen LogP contribution >= 0.6 is 15.9 Å². The SMILES string of the molecule is CCNC1CCCc2nc(-c3ccccc3Br)ncc21. The summed E-state index contributed by atoms with van der Waals surface area (Å²) in [7, 11) is 0. The van der Waals surface area contributed by atoms with Crippen LogP contribution < -0.4 is 5.32 Å². The molecule has 1 heterocycles. The van der Waals surface area contributed by atoms with Crippen LogP contribution in [0.4, 0.5) is 0 Å². The Labute approximate surface area is 128 Å². The highest BCUT2D eigenvalue weighted by atomic mass is 79.9. The molecule has 1 N–H and O–H groups in total. The molecule has 0 saturated heterocycles. The molecule has 2 aromatic rings. The second-order valence-electron chi connectivity index (χ2n) is 5.08. The van der Waals surface area contributed by atoms with Crippen molar-refractivity contribution in [2.75, 3.05) is 6.54 Å². The van der Waals surface area contributed by atoms with Crippen LogP contribution in [0.2, 0.25) is 0 Å². The number of nitrogens with one attached hydrogen (secondary N) is 1. The minimum Gasteiger partial charge on any atom is -0.310 e. The van der Waals surface area contributed by atoms with Gasteiger partial charge < -0.3 is 5.32 Å². The third kappa shape index (κ3) is 2.63. The van der Waals surface area contributed by atoms with Crippen LogP contribution in [0.3, 0.4) is 0 Å². The molecule has 104 valence electrons. The van der Waals surface area contributed by atoms with Crippen molar-refractivity contribution in [1.29, 1.82) is 0 Å². The van der Waals surface area contributed by atoms with Crippen LogP contribution in [0, 0.1) is 0 Å². The standard InChI is InChI=1S/C16H18BrN3/c1-2-18-14-8-5-9-15-12(14)10-19-16(20-15)11-6-3-4-7-13(11)17/h3-4,6-7,10,14,18H,2,5,8-9H2,1H3. The molecular formula is C16H18BrN3. The molecule has 0 amide bonds. The van der Waals surface area contributed by atoms with E-state index in [0.717, 1.165) is 28.8 Å². The van der Waals surface area contributed by atoms with Crippen molar-refractivity contribution in [2.24, 2.45) is 0 Å². The summed E-state index contributed by atoms with van der Waals surface area (Å²) in [5.74, 6) is 0.813. The van der Waals surface area contributed by atoms with E-state index in [9.17, 15) is 0 Å². The Hall–Kier alpha value is -1.26. The summed E-state index contributed by atoms with van der Waals surface area (Å²) in [5, 5.41) is 3.52. The van der Waals surface area contributed by atoms with Gasteiger partial charge in [0.05, 0.1) is 0 Å². The largest absolute Gasteiger partial charge is 0.310 e. The summed E-state index contributed by atoms with van der Waals surface area (Å²) < 4.78 is 1.04. The van der Waals surface area contributed by atoms with Gasteiger partial charge in [0.2, 0.25) is 0 Å². The quantitative estimate of drug-likeness (QED) is 0.927. The predicted molar refractivity (Wildman–Crippen MR) is 84.5 cm³/mol. The molecule has 0 bridgehead atoms. The molecule has 0 radical (unpaired) electrons. The molecule has 1 aliphatic rings. The number of halogens is 1. The molecule has 0 saturated carbocycles. The number of rotatable bonds is 3. The molecule has 4 heteroatoms. The van der Waals surface area contributed by atoms with Gasteiger partial charge in [-0.1, -0.05) is 41.1 Å². The molecule has 0 aliphatic heterocycles. The molecule has 1 unspecified atom stereocenters. The zero-order valence-electron chi connectivity index (χ0n) is 11.6. The lowest BCUT2D eigenvalue weighted by Gasteiger charge is -2.25. The molecule has 0 spiro atoms. The summed E-state index contributed by atoms with van der Waals surface area (Å²) in [6, 6.07) is 8.52. The van der Waals surface area contributed by atoms with Crippen molar-refractivity contribution in [3.8, 4) is 11.4 Å². The van der Waals surface area contributed by atoms with Gasteiger partial charge in [-0.2, -0.15) is 0 Å². The normalized spacial score (nSPS) is 17.8. The maximum atomic E-state index is 4.80. The van der Waals surface area contributed by atoms with E-state index in [-0.39, 0.29) is 0 Å². The lowest BCUT2D eigenvalue weighted by atomic mass is 9.92. The highest BCUT2D eigenvalue weighted by Gasteiger charge is 2.21. The second-order valence-corrected chi connectivity index (χ2v) is 5.93. The minimum atomic E-state index is 0.414. The number of fused-ring (bicyclic) bond motifs is 1. The lowest BCUT2D eigenvalue weighted by Crippen LogP contribution is -2.25. The van der Waals surface area contributed by atoms with Crippen LogP contribution in [-0.2, 0) is 6.42 Å². The van der Waals surface area contributed by atoms with E-state index < -0.39 is 0 Å². The van der Waals surface area contributed by atoms with Gasteiger partial charge in [0, 0.05) is 33.5 Å². The third-order valence-electron chi connectivity index (χ3n) is 3.75. The monoisotopic (exact) mass is 331 g/mol. The second kappa shape index (κ2) is 6.02. The number of benzene rings is 1. The number of hydrogen-bond acceptors (Lipinski definition) is 3. The van der Waals surface area contributed by atoms with E-state index in [2.05, 4.69) is 39.2 Å². The van der Waals surface area contributed by atoms with Crippen LogP contribution in [0.25, 0.3) is 11.4 Å². The topological polar surface area (TPSA) is 37.8 Å². The summed E-state index contributed by atoms with van der Waals surface area (Å²) in [6.45, 7) is 3.13. The van der Waals surface area contributed by atoms with E-state index in [4.69, 9.17) is 4.98 Å². The smallest absolute Gasteiger partial charge is 0.160 e. The Bertz CT molecular complexity index is 612. The summed E-state index contributed by atoms with van der Waals surface area (Å²) in [4.78, 5) is 9.37. The molecular weight excluding hydrogens is 314 g/mol. The Balaban J connectivity index is 1.99. The van der Waals surface area contributed by atoms with Gasteiger partial charge in [0.15, 0.2) is 5.82 Å². The summed E-state index contributed by atoms with van der Waals surface area (Å²) >= 11 is 3.57. The number of aryl methyl sites for hydroxylation is 1. The molecule has 3 nitrogen and oxygen atoms in total. The van der Waals surface area contributed by atoms with Crippen molar-refractivity contribution >= 4 is 15.9 Å². The van der Waals surface area contributed by atoms with Crippen molar-refractivity contribution < 1.29 is 0 Å². The molecule has 20 heavy (non-hydrogen) atoms. The van der Waals surface area contributed by atoms with E-state index in [1.807, 2.05) is 24.4 Å².